The van der Waals surface area contributed by atoms with E-state index in [2.05, 4.69) is 32.3 Å². The van der Waals surface area contributed by atoms with E-state index in [-0.39, 0.29) is 0 Å². The molecule has 1 N–H and O–H groups in total. The number of benzene rings is 1. The normalized spacial score (nSPS) is 15.9. The summed E-state index contributed by atoms with van der Waals surface area (Å²) in [7, 11) is 0. The molecule has 0 radical (unpaired) electrons. The van der Waals surface area contributed by atoms with Gasteiger partial charge in [-0.1, -0.05) is 30.1 Å². The minimum Gasteiger partial charge on any atom is -0.339 e. The van der Waals surface area contributed by atoms with Crippen LogP contribution in [-0.4, -0.2) is 28.3 Å². The molecule has 0 unspecified atom stereocenters. The van der Waals surface area contributed by atoms with Gasteiger partial charge in [-0.25, -0.2) is 0 Å². The van der Waals surface area contributed by atoms with E-state index < -0.39 is 0 Å². The molecule has 0 bridgehead atoms. The number of aromatic nitrogens is 3. The highest BCUT2D eigenvalue weighted by Crippen LogP contribution is 2.28. The molecule has 0 saturated carbocycles. The first-order valence-electron chi connectivity index (χ1n) is 7.28. The van der Waals surface area contributed by atoms with E-state index in [9.17, 15) is 0 Å². The van der Waals surface area contributed by atoms with Gasteiger partial charge in [-0.3, -0.25) is 0 Å². The Bertz CT molecular complexity index is 656. The predicted molar refractivity (Wildman–Crippen MR) is 90.2 cm³/mol. The lowest BCUT2D eigenvalue weighted by Crippen LogP contribution is -2.34. The molecule has 1 aromatic heterocycles. The van der Waals surface area contributed by atoms with Gasteiger partial charge < -0.3 is 10.2 Å². The van der Waals surface area contributed by atoms with E-state index in [4.69, 9.17) is 23.2 Å². The lowest BCUT2D eigenvalue weighted by Gasteiger charge is -2.29. The third kappa shape index (κ3) is 3.59. The van der Waals surface area contributed by atoms with Crippen molar-refractivity contribution < 1.29 is 0 Å². The zero-order chi connectivity index (χ0) is 15.5. The van der Waals surface area contributed by atoms with E-state index in [0.29, 0.717) is 27.5 Å². The Labute approximate surface area is 139 Å². The number of anilines is 3. The maximum Gasteiger partial charge on any atom is 0.247 e. The van der Waals surface area contributed by atoms with E-state index >= 15 is 0 Å². The first kappa shape index (κ1) is 15.3. The third-order valence-electron chi connectivity index (χ3n) is 3.81. The second kappa shape index (κ2) is 6.67. The minimum absolute atomic E-state index is 0.580. The second-order valence-electron chi connectivity index (χ2n) is 5.56. The largest absolute Gasteiger partial charge is 0.339 e. The van der Waals surface area contributed by atoms with Crippen molar-refractivity contribution in [3.63, 3.8) is 0 Å². The van der Waals surface area contributed by atoms with Gasteiger partial charge in [0.1, 0.15) is 0 Å². The van der Waals surface area contributed by atoms with Crippen LogP contribution in [0.15, 0.2) is 24.4 Å². The summed E-state index contributed by atoms with van der Waals surface area (Å²) in [5.74, 6) is 2.01. The van der Waals surface area contributed by atoms with Gasteiger partial charge in [0.2, 0.25) is 5.95 Å². The zero-order valence-corrected chi connectivity index (χ0v) is 13.8. The lowest BCUT2D eigenvalue weighted by atomic mass is 10.00. The number of hydrogen-bond donors (Lipinski definition) is 1. The van der Waals surface area contributed by atoms with Crippen molar-refractivity contribution in [1.82, 2.24) is 15.2 Å². The first-order chi connectivity index (χ1) is 10.6. The van der Waals surface area contributed by atoms with Crippen LogP contribution in [0.25, 0.3) is 0 Å². The first-order valence-corrected chi connectivity index (χ1v) is 8.04. The quantitative estimate of drug-likeness (QED) is 0.911. The van der Waals surface area contributed by atoms with Crippen LogP contribution in [0, 0.1) is 5.92 Å². The molecule has 1 aliphatic heterocycles. The van der Waals surface area contributed by atoms with Gasteiger partial charge in [-0.2, -0.15) is 10.1 Å². The molecule has 2 heterocycles. The summed E-state index contributed by atoms with van der Waals surface area (Å²) in [6, 6.07) is 5.25. The Balaban J connectivity index is 1.78. The molecule has 116 valence electrons. The van der Waals surface area contributed by atoms with E-state index in [1.54, 1.807) is 24.4 Å². The maximum absolute atomic E-state index is 6.16. The SMILES string of the molecule is CC1CCN(c2nncc(Nc3cc(Cl)ccc3Cl)n2)CC1. The molecule has 2 aromatic rings. The van der Waals surface area contributed by atoms with Crippen molar-refractivity contribution in [3.05, 3.63) is 34.4 Å². The molecule has 1 aliphatic rings. The molecule has 0 atom stereocenters. The molecular weight excluding hydrogens is 321 g/mol. The maximum atomic E-state index is 6.16. The molecule has 1 aromatic carbocycles. The Morgan fingerprint density at radius 2 is 2.00 bits per heavy atom. The molecule has 1 fully saturated rings. The fourth-order valence-electron chi connectivity index (χ4n) is 2.43. The topological polar surface area (TPSA) is 53.9 Å². The summed E-state index contributed by atoms with van der Waals surface area (Å²) < 4.78 is 0. The van der Waals surface area contributed by atoms with Gasteiger partial charge in [-0.05, 0) is 37.0 Å². The van der Waals surface area contributed by atoms with Gasteiger partial charge in [0.25, 0.3) is 0 Å². The van der Waals surface area contributed by atoms with Crippen LogP contribution < -0.4 is 10.2 Å². The molecule has 7 heteroatoms. The van der Waals surface area contributed by atoms with Crippen molar-refractivity contribution in [3.8, 4) is 0 Å². The smallest absolute Gasteiger partial charge is 0.247 e. The van der Waals surface area contributed by atoms with Crippen molar-refractivity contribution in [2.75, 3.05) is 23.3 Å². The number of hydrogen-bond acceptors (Lipinski definition) is 5. The molecule has 5 nitrogen and oxygen atoms in total. The summed E-state index contributed by atoms with van der Waals surface area (Å²) in [6.45, 7) is 4.20. The fraction of sp³-hybridized carbons (Fsp3) is 0.400. The molecule has 0 aliphatic carbocycles. The summed E-state index contributed by atoms with van der Waals surface area (Å²) in [4.78, 5) is 6.69. The molecule has 1 saturated heterocycles. The molecular formula is C15H17Cl2N5. The average Bonchev–Trinajstić information content (AvgIpc) is 2.52. The Morgan fingerprint density at radius 3 is 2.77 bits per heavy atom. The van der Waals surface area contributed by atoms with Gasteiger partial charge in [0.15, 0.2) is 5.82 Å². The highest BCUT2D eigenvalue weighted by molar-refractivity contribution is 6.35. The van der Waals surface area contributed by atoms with Crippen molar-refractivity contribution >= 4 is 40.7 Å². The molecule has 22 heavy (non-hydrogen) atoms. The average molecular weight is 338 g/mol. The Kier molecular flexibility index (Phi) is 4.64. The lowest BCUT2D eigenvalue weighted by molar-refractivity contribution is 0.433. The molecule has 3 rings (SSSR count). The van der Waals surface area contributed by atoms with Gasteiger partial charge in [-0.15, -0.1) is 5.10 Å². The van der Waals surface area contributed by atoms with Crippen LogP contribution >= 0.6 is 23.2 Å². The Morgan fingerprint density at radius 1 is 1.23 bits per heavy atom. The summed E-state index contributed by atoms with van der Waals surface area (Å²) in [5.41, 5.74) is 0.702. The summed E-state index contributed by atoms with van der Waals surface area (Å²) in [6.07, 6.45) is 3.88. The van der Waals surface area contributed by atoms with E-state index in [0.717, 1.165) is 31.8 Å². The van der Waals surface area contributed by atoms with Crippen LogP contribution in [0.2, 0.25) is 10.0 Å². The van der Waals surface area contributed by atoms with E-state index in [1.807, 2.05) is 0 Å². The number of nitrogens with zero attached hydrogens (tertiary/aromatic N) is 4. The Hall–Kier alpha value is -1.59. The van der Waals surface area contributed by atoms with Crippen molar-refractivity contribution in [2.24, 2.45) is 5.92 Å². The monoisotopic (exact) mass is 337 g/mol. The van der Waals surface area contributed by atoms with Crippen LogP contribution in [0.5, 0.6) is 0 Å². The minimum atomic E-state index is 0.580. The highest BCUT2D eigenvalue weighted by atomic mass is 35.5. The number of rotatable bonds is 3. The second-order valence-corrected chi connectivity index (χ2v) is 6.40. The van der Waals surface area contributed by atoms with Crippen LogP contribution in [0.1, 0.15) is 19.8 Å². The number of halogens is 2. The fourth-order valence-corrected chi connectivity index (χ4v) is 2.77. The van der Waals surface area contributed by atoms with E-state index in [1.165, 1.54) is 0 Å². The molecule has 0 amide bonds. The predicted octanol–water partition coefficient (Wildman–Crippen LogP) is 4.16. The number of piperidine rings is 1. The van der Waals surface area contributed by atoms with Crippen LogP contribution in [-0.2, 0) is 0 Å². The molecule has 0 spiro atoms. The highest BCUT2D eigenvalue weighted by Gasteiger charge is 2.18. The van der Waals surface area contributed by atoms with Gasteiger partial charge in [0, 0.05) is 18.1 Å². The van der Waals surface area contributed by atoms with Crippen LogP contribution in [0.3, 0.4) is 0 Å². The standard InChI is InChI=1S/C15H17Cl2N5/c1-10-4-6-22(7-5-10)15-20-14(9-18-21-15)19-13-8-11(16)2-3-12(13)17/h2-3,8-10H,4-7H2,1H3,(H,19,20,21). The van der Waals surface area contributed by atoms with Crippen LogP contribution in [0.4, 0.5) is 17.5 Å². The van der Waals surface area contributed by atoms with Crippen molar-refractivity contribution in [2.45, 2.75) is 19.8 Å². The van der Waals surface area contributed by atoms with Crippen molar-refractivity contribution in [1.29, 1.82) is 0 Å². The summed E-state index contributed by atoms with van der Waals surface area (Å²) in [5, 5.41) is 12.5. The third-order valence-corrected chi connectivity index (χ3v) is 4.37. The van der Waals surface area contributed by atoms with Gasteiger partial charge >= 0.3 is 0 Å². The van der Waals surface area contributed by atoms with Gasteiger partial charge in [0.05, 0.1) is 16.9 Å². The summed E-state index contributed by atoms with van der Waals surface area (Å²) >= 11 is 12.1. The number of nitrogens with one attached hydrogen (secondary N) is 1. The zero-order valence-electron chi connectivity index (χ0n) is 12.3.